The van der Waals surface area contributed by atoms with Gasteiger partial charge in [0.25, 0.3) is 18.3 Å². The maximum Gasteiger partial charge on any atom is 0.290 e. The fourth-order valence-electron chi connectivity index (χ4n) is 6.08. The normalized spacial score (nSPS) is 17.2. The first kappa shape index (κ1) is 30.7. The zero-order chi connectivity index (χ0) is 32.1. The van der Waals surface area contributed by atoms with Gasteiger partial charge < -0.3 is 10.6 Å². The molecule has 14 heteroatoms. The van der Waals surface area contributed by atoms with Crippen LogP contribution in [-0.4, -0.2) is 27.2 Å². The number of rotatable bonds is 9. The zero-order valence-corrected chi connectivity index (χ0v) is 23.4. The van der Waals surface area contributed by atoms with Crippen molar-refractivity contribution in [2.24, 2.45) is 0 Å². The minimum Gasteiger partial charge on any atom is -0.326 e. The summed E-state index contributed by atoms with van der Waals surface area (Å²) >= 11 is 0. The minimum atomic E-state index is -3.91. The van der Waals surface area contributed by atoms with Crippen LogP contribution in [0.5, 0.6) is 0 Å². The van der Waals surface area contributed by atoms with Gasteiger partial charge in [0.1, 0.15) is 23.0 Å². The van der Waals surface area contributed by atoms with Gasteiger partial charge in [-0.25, -0.2) is 26.3 Å². The lowest BCUT2D eigenvalue weighted by molar-refractivity contribution is -0.115. The van der Waals surface area contributed by atoms with Gasteiger partial charge in [-0.15, -0.1) is 0 Å². The number of aromatic nitrogens is 3. The second-order valence-corrected chi connectivity index (χ2v) is 11.0. The molecular weight excluding hydrogens is 610 g/mol. The van der Waals surface area contributed by atoms with Gasteiger partial charge in [0, 0.05) is 42.9 Å². The fourth-order valence-corrected chi connectivity index (χ4v) is 6.08. The van der Waals surface area contributed by atoms with Gasteiger partial charge >= 0.3 is 0 Å². The molecule has 2 aromatic heterocycles. The van der Waals surface area contributed by atoms with Gasteiger partial charge in [-0.1, -0.05) is 18.2 Å². The molecule has 236 valence electrons. The van der Waals surface area contributed by atoms with Crippen molar-refractivity contribution in [1.82, 2.24) is 20.1 Å². The highest BCUT2D eigenvalue weighted by molar-refractivity contribution is 6.02. The van der Waals surface area contributed by atoms with E-state index >= 15 is 0 Å². The van der Waals surface area contributed by atoms with E-state index in [1.807, 2.05) is 0 Å². The molecule has 1 amide bonds. The van der Waals surface area contributed by atoms with E-state index in [9.17, 15) is 39.9 Å². The summed E-state index contributed by atoms with van der Waals surface area (Å²) in [4.78, 5) is 16.7. The minimum absolute atomic E-state index is 0.0569. The number of benzene rings is 2. The van der Waals surface area contributed by atoms with E-state index in [0.717, 1.165) is 12.1 Å². The van der Waals surface area contributed by atoms with Crippen LogP contribution in [0.3, 0.4) is 0 Å². The number of hydrogen-bond donors (Lipinski definition) is 2. The Morgan fingerprint density at radius 1 is 0.933 bits per heavy atom. The molecule has 2 N–H and O–H groups in total. The molecule has 45 heavy (non-hydrogen) atoms. The number of hydrogen-bond acceptors (Lipinski definition) is 4. The Kier molecular flexibility index (Phi) is 7.88. The van der Waals surface area contributed by atoms with E-state index in [1.165, 1.54) is 6.20 Å². The fraction of sp³-hybridized carbons (Fsp3) is 0.323. The summed E-state index contributed by atoms with van der Waals surface area (Å²) in [7, 11) is 0. The van der Waals surface area contributed by atoms with Crippen LogP contribution in [0.25, 0.3) is 11.1 Å². The lowest BCUT2D eigenvalue weighted by atomic mass is 9.89. The molecule has 6 rings (SSSR count). The smallest absolute Gasteiger partial charge is 0.290 e. The lowest BCUT2D eigenvalue weighted by Gasteiger charge is -2.30. The van der Waals surface area contributed by atoms with Crippen LogP contribution in [0.15, 0.2) is 54.7 Å². The van der Waals surface area contributed by atoms with E-state index in [0.29, 0.717) is 38.8 Å². The molecule has 0 fully saturated rings. The molecule has 2 aliphatic rings. The number of fused-ring (bicyclic) bond motifs is 2. The largest absolute Gasteiger partial charge is 0.326 e. The van der Waals surface area contributed by atoms with Crippen molar-refractivity contribution in [2.45, 2.75) is 56.5 Å². The lowest BCUT2D eigenvalue weighted by Crippen LogP contribution is -2.34. The van der Waals surface area contributed by atoms with Gasteiger partial charge in [0.15, 0.2) is 0 Å². The zero-order valence-electron chi connectivity index (χ0n) is 23.4. The number of halogens is 8. The van der Waals surface area contributed by atoms with Crippen LogP contribution in [0.4, 0.5) is 40.8 Å². The van der Waals surface area contributed by atoms with Crippen molar-refractivity contribution in [3.63, 3.8) is 0 Å². The maximum absolute atomic E-state index is 14.9. The predicted molar refractivity (Wildman–Crippen MR) is 147 cm³/mol. The van der Waals surface area contributed by atoms with Gasteiger partial charge in [-0.05, 0) is 47.4 Å². The number of alkyl halides is 6. The Hall–Kier alpha value is -4.33. The van der Waals surface area contributed by atoms with Gasteiger partial charge in [-0.2, -0.15) is 13.9 Å². The van der Waals surface area contributed by atoms with Crippen molar-refractivity contribution in [1.29, 1.82) is 0 Å². The van der Waals surface area contributed by atoms with Gasteiger partial charge in [0.05, 0.1) is 30.3 Å². The van der Waals surface area contributed by atoms with Crippen LogP contribution in [0.1, 0.15) is 59.1 Å². The van der Waals surface area contributed by atoms with Crippen molar-refractivity contribution in [3.8, 4) is 11.1 Å². The molecule has 0 unspecified atom stereocenters. The number of carbonyl (C=O) groups is 1. The van der Waals surface area contributed by atoms with E-state index in [-0.39, 0.29) is 30.9 Å². The van der Waals surface area contributed by atoms with Crippen molar-refractivity contribution in [3.05, 3.63) is 100 Å². The molecule has 0 spiro atoms. The van der Waals surface area contributed by atoms with E-state index in [2.05, 4.69) is 20.7 Å². The summed E-state index contributed by atoms with van der Waals surface area (Å²) in [6.45, 7) is -0.750. The number of amides is 1. The second kappa shape index (κ2) is 11.5. The average Bonchev–Trinajstić information content (AvgIpc) is 3.56. The monoisotopic (exact) mass is 635 g/mol. The molecule has 1 aliphatic heterocycles. The molecular formula is C31H25F8N5O. The van der Waals surface area contributed by atoms with Crippen LogP contribution in [0, 0.1) is 11.6 Å². The second-order valence-electron chi connectivity index (χ2n) is 11.0. The van der Waals surface area contributed by atoms with Crippen molar-refractivity contribution < 1.29 is 39.9 Å². The molecule has 0 radical (unpaired) electrons. The topological polar surface area (TPSA) is 71.8 Å². The average molecular weight is 636 g/mol. The third kappa shape index (κ3) is 5.90. The summed E-state index contributed by atoms with van der Waals surface area (Å²) in [5.41, 5.74) is -0.947. The first-order chi connectivity index (χ1) is 21.3. The molecule has 0 saturated heterocycles. The Balaban J connectivity index is 1.37. The van der Waals surface area contributed by atoms with Crippen LogP contribution in [-0.2, 0) is 36.0 Å². The van der Waals surface area contributed by atoms with E-state index in [4.69, 9.17) is 0 Å². The van der Waals surface area contributed by atoms with Gasteiger partial charge in [0.2, 0.25) is 5.91 Å². The summed E-state index contributed by atoms with van der Waals surface area (Å²) in [5.74, 6) is -9.60. The predicted octanol–water partition coefficient (Wildman–Crippen LogP) is 7.21. The van der Waals surface area contributed by atoms with Crippen LogP contribution >= 0.6 is 0 Å². The maximum atomic E-state index is 14.9. The number of carbonyl (C=O) groups excluding carboxylic acids is 1. The molecule has 6 nitrogen and oxygen atoms in total. The molecule has 2 aromatic carbocycles. The molecule has 1 atom stereocenters. The summed E-state index contributed by atoms with van der Waals surface area (Å²) in [5, 5.41) is 9.34. The first-order valence-electron chi connectivity index (χ1n) is 14.0. The summed E-state index contributed by atoms with van der Waals surface area (Å²) < 4.78 is 115. The van der Waals surface area contributed by atoms with Gasteiger partial charge in [-0.3, -0.25) is 14.5 Å². The third-order valence-corrected chi connectivity index (χ3v) is 7.97. The SMILES string of the molecule is O=C1Cc2c(cccc2-c2cccnc2[C@H](Cc2cc(F)cc(F)c2)NCCn2nc(C(F)F)c3c2C(F)(F)CCC3(F)F)N1. The highest BCUT2D eigenvalue weighted by Gasteiger charge is 2.54. The van der Waals surface area contributed by atoms with Crippen LogP contribution < -0.4 is 10.6 Å². The Morgan fingerprint density at radius 2 is 1.64 bits per heavy atom. The molecule has 0 bridgehead atoms. The van der Waals surface area contributed by atoms with E-state index < -0.39 is 72.3 Å². The highest BCUT2D eigenvalue weighted by atomic mass is 19.3. The molecule has 4 aromatic rings. The van der Waals surface area contributed by atoms with Crippen LogP contribution in [0.2, 0.25) is 0 Å². The number of anilines is 1. The quantitative estimate of drug-likeness (QED) is 0.191. The summed E-state index contributed by atoms with van der Waals surface area (Å²) in [6.07, 6.45) is -4.52. The number of pyridine rings is 1. The van der Waals surface area contributed by atoms with E-state index in [1.54, 1.807) is 30.3 Å². The highest BCUT2D eigenvalue weighted by Crippen LogP contribution is 2.52. The Morgan fingerprint density at radius 3 is 2.38 bits per heavy atom. The molecule has 3 heterocycles. The summed E-state index contributed by atoms with van der Waals surface area (Å²) in [6, 6.07) is 10.7. The third-order valence-electron chi connectivity index (χ3n) is 7.97. The molecule has 1 aliphatic carbocycles. The standard InChI is InChI=1S/C31H25F8N5O/c32-17-11-16(12-18(33)14-17)13-23(26-20(4-2-8-41-26)19-3-1-5-22-21(19)15-24(45)42-22)40-9-10-44-28-25(27(43-44)29(34)35)30(36,37)6-7-31(28,38)39/h1-5,8,11-12,14,23,29,40H,6-7,9-10,13,15H2,(H,42,45)/t23-/m0/s1. The molecule has 0 saturated carbocycles. The number of nitrogens with one attached hydrogen (secondary N) is 2. The Bertz CT molecular complexity index is 1750. The van der Waals surface area contributed by atoms with Crippen molar-refractivity contribution >= 4 is 11.6 Å². The van der Waals surface area contributed by atoms with Crippen molar-refractivity contribution in [2.75, 3.05) is 11.9 Å². The Labute approximate surface area is 251 Å². The number of nitrogens with zero attached hydrogens (tertiary/aromatic N) is 3. The first-order valence-corrected chi connectivity index (χ1v) is 14.0.